The molecule has 0 radical (unpaired) electrons. The Labute approximate surface area is 97.4 Å². The Hall–Kier alpha value is -2.30. The highest BCUT2D eigenvalue weighted by molar-refractivity contribution is 5.83. The predicted molar refractivity (Wildman–Crippen MR) is 64.6 cm³/mol. The molecule has 5 heteroatoms. The second-order valence-corrected chi connectivity index (χ2v) is 3.63. The molecule has 2 aromatic rings. The van der Waals surface area contributed by atoms with E-state index in [-0.39, 0.29) is 17.8 Å². The first-order valence-electron chi connectivity index (χ1n) is 5.08. The summed E-state index contributed by atoms with van der Waals surface area (Å²) in [7, 11) is 1.28. The zero-order valence-electron chi connectivity index (χ0n) is 9.34. The lowest BCUT2D eigenvalue weighted by atomic mass is 10.2. The van der Waals surface area contributed by atoms with E-state index >= 15 is 0 Å². The molecule has 0 aliphatic rings. The van der Waals surface area contributed by atoms with Gasteiger partial charge in [0.25, 0.3) is 5.56 Å². The predicted octanol–water partition coefficient (Wildman–Crippen LogP) is 0.757. The third-order valence-electron chi connectivity index (χ3n) is 2.55. The fraction of sp³-hybridized carbons (Fsp3) is 0.167. The number of hydrogen-bond acceptors (Lipinski definition) is 4. The van der Waals surface area contributed by atoms with Gasteiger partial charge in [-0.25, -0.2) is 0 Å². The van der Waals surface area contributed by atoms with Crippen LogP contribution in [0.15, 0.2) is 35.1 Å². The van der Waals surface area contributed by atoms with Crippen LogP contribution in [-0.2, 0) is 16.1 Å². The zero-order chi connectivity index (χ0) is 12.4. The van der Waals surface area contributed by atoms with Crippen LogP contribution < -0.4 is 11.3 Å². The highest BCUT2D eigenvalue weighted by Crippen LogP contribution is 2.14. The van der Waals surface area contributed by atoms with Gasteiger partial charge in [0.05, 0.1) is 18.3 Å². The first-order chi connectivity index (χ1) is 8.13. The van der Waals surface area contributed by atoms with Gasteiger partial charge in [-0.15, -0.1) is 0 Å². The number of nitrogens with two attached hydrogens (primary N) is 1. The molecular formula is C12H12N2O3. The van der Waals surface area contributed by atoms with Crippen LogP contribution in [0.3, 0.4) is 0 Å². The molecule has 1 heterocycles. The minimum atomic E-state index is -0.483. The fourth-order valence-electron chi connectivity index (χ4n) is 1.70. The summed E-state index contributed by atoms with van der Waals surface area (Å²) in [6, 6.07) is 8.84. The number of ether oxygens (including phenoxy) is 1. The van der Waals surface area contributed by atoms with Gasteiger partial charge in [0.1, 0.15) is 6.54 Å². The Morgan fingerprint density at radius 1 is 1.41 bits per heavy atom. The van der Waals surface area contributed by atoms with Crippen molar-refractivity contribution >= 4 is 22.6 Å². The zero-order valence-corrected chi connectivity index (χ0v) is 9.34. The third kappa shape index (κ3) is 1.99. The number of para-hydroxylation sites is 1. The number of carbonyl (C=O) groups is 1. The summed E-state index contributed by atoms with van der Waals surface area (Å²) in [6.45, 7) is -0.138. The molecule has 1 aromatic heterocycles. The van der Waals surface area contributed by atoms with Crippen molar-refractivity contribution in [3.8, 4) is 0 Å². The van der Waals surface area contributed by atoms with Gasteiger partial charge in [-0.05, 0) is 12.1 Å². The van der Waals surface area contributed by atoms with Crippen molar-refractivity contribution in [3.63, 3.8) is 0 Å². The van der Waals surface area contributed by atoms with Gasteiger partial charge in [0, 0.05) is 5.39 Å². The number of nitrogen functional groups attached to an aromatic ring is 1. The molecule has 0 saturated carbocycles. The Morgan fingerprint density at radius 3 is 2.82 bits per heavy atom. The summed E-state index contributed by atoms with van der Waals surface area (Å²) in [6.07, 6.45) is 0. The maximum atomic E-state index is 11.9. The van der Waals surface area contributed by atoms with Crippen molar-refractivity contribution < 1.29 is 9.53 Å². The molecular weight excluding hydrogens is 220 g/mol. The molecule has 0 aliphatic heterocycles. The molecule has 0 saturated heterocycles. The lowest BCUT2D eigenvalue weighted by Gasteiger charge is -2.09. The monoisotopic (exact) mass is 232 g/mol. The van der Waals surface area contributed by atoms with Crippen molar-refractivity contribution in [3.05, 3.63) is 40.7 Å². The number of hydrogen-bond donors (Lipinski definition) is 1. The van der Waals surface area contributed by atoms with Crippen molar-refractivity contribution in [1.29, 1.82) is 0 Å². The average molecular weight is 232 g/mol. The number of pyridine rings is 1. The Bertz CT molecular complexity index is 631. The number of rotatable bonds is 2. The lowest BCUT2D eigenvalue weighted by molar-refractivity contribution is -0.141. The minimum absolute atomic E-state index is 0.118. The smallest absolute Gasteiger partial charge is 0.325 e. The minimum Gasteiger partial charge on any atom is -0.468 e. The van der Waals surface area contributed by atoms with Gasteiger partial charge < -0.3 is 10.5 Å². The van der Waals surface area contributed by atoms with Gasteiger partial charge in [0.2, 0.25) is 0 Å². The second-order valence-electron chi connectivity index (χ2n) is 3.63. The van der Waals surface area contributed by atoms with Crippen LogP contribution in [0, 0.1) is 0 Å². The number of aromatic nitrogens is 1. The van der Waals surface area contributed by atoms with E-state index in [9.17, 15) is 9.59 Å². The topological polar surface area (TPSA) is 74.3 Å². The van der Waals surface area contributed by atoms with Crippen molar-refractivity contribution in [2.24, 2.45) is 0 Å². The van der Waals surface area contributed by atoms with Crippen LogP contribution in [0.4, 0.5) is 5.69 Å². The number of carbonyl (C=O) groups excluding carboxylic acids is 1. The van der Waals surface area contributed by atoms with Crippen LogP contribution in [0.2, 0.25) is 0 Å². The molecule has 2 N–H and O–H groups in total. The Balaban J connectivity index is 2.70. The molecule has 0 aliphatic carbocycles. The van der Waals surface area contributed by atoms with Crippen LogP contribution in [0.25, 0.3) is 10.9 Å². The normalized spacial score (nSPS) is 10.4. The summed E-state index contributed by atoms with van der Waals surface area (Å²) in [4.78, 5) is 23.1. The van der Waals surface area contributed by atoms with Gasteiger partial charge in [-0.1, -0.05) is 18.2 Å². The number of anilines is 1. The molecule has 88 valence electrons. The van der Waals surface area contributed by atoms with Crippen molar-refractivity contribution in [1.82, 2.24) is 4.57 Å². The fourth-order valence-corrected chi connectivity index (χ4v) is 1.70. The van der Waals surface area contributed by atoms with E-state index in [1.807, 2.05) is 12.1 Å². The van der Waals surface area contributed by atoms with E-state index < -0.39 is 5.97 Å². The van der Waals surface area contributed by atoms with Crippen molar-refractivity contribution in [2.45, 2.75) is 6.54 Å². The standard InChI is InChI=1S/C12H12N2O3/c1-17-11(15)7-14-10-5-3-2-4-8(10)6-9(13)12(14)16/h2-6H,7,13H2,1H3. The molecule has 0 unspecified atom stereocenters. The van der Waals surface area contributed by atoms with E-state index in [0.29, 0.717) is 5.52 Å². The number of methoxy groups -OCH3 is 1. The molecule has 0 amide bonds. The summed E-state index contributed by atoms with van der Waals surface area (Å²) in [5.74, 6) is -0.483. The molecule has 2 rings (SSSR count). The van der Waals surface area contributed by atoms with Gasteiger partial charge in [0.15, 0.2) is 0 Å². The number of benzene rings is 1. The van der Waals surface area contributed by atoms with E-state index in [0.717, 1.165) is 5.39 Å². The van der Waals surface area contributed by atoms with E-state index in [1.54, 1.807) is 18.2 Å². The maximum Gasteiger partial charge on any atom is 0.325 e. The molecule has 1 aromatic carbocycles. The largest absolute Gasteiger partial charge is 0.468 e. The van der Waals surface area contributed by atoms with Crippen molar-refractivity contribution in [2.75, 3.05) is 12.8 Å². The highest BCUT2D eigenvalue weighted by Gasteiger charge is 2.10. The second kappa shape index (κ2) is 4.29. The number of nitrogens with zero attached hydrogens (tertiary/aromatic N) is 1. The molecule has 0 atom stereocenters. The average Bonchev–Trinajstić information content (AvgIpc) is 2.34. The first kappa shape index (κ1) is 11.2. The Morgan fingerprint density at radius 2 is 2.12 bits per heavy atom. The lowest BCUT2D eigenvalue weighted by Crippen LogP contribution is -2.27. The quantitative estimate of drug-likeness (QED) is 0.775. The first-order valence-corrected chi connectivity index (χ1v) is 5.08. The van der Waals surface area contributed by atoms with Gasteiger partial charge in [-0.2, -0.15) is 0 Å². The SMILES string of the molecule is COC(=O)Cn1c(=O)c(N)cc2ccccc21. The summed E-state index contributed by atoms with van der Waals surface area (Å²) >= 11 is 0. The molecule has 5 nitrogen and oxygen atoms in total. The van der Waals surface area contributed by atoms with E-state index in [1.165, 1.54) is 11.7 Å². The van der Waals surface area contributed by atoms with Gasteiger partial charge in [-0.3, -0.25) is 14.2 Å². The summed E-state index contributed by atoms with van der Waals surface area (Å²) < 4.78 is 5.87. The van der Waals surface area contributed by atoms with E-state index in [2.05, 4.69) is 4.74 Å². The number of fused-ring (bicyclic) bond motifs is 1. The summed E-state index contributed by atoms with van der Waals surface area (Å²) in [5.41, 5.74) is 6.02. The molecule has 0 fully saturated rings. The van der Waals surface area contributed by atoms with Gasteiger partial charge >= 0.3 is 5.97 Å². The summed E-state index contributed by atoms with van der Waals surface area (Å²) in [5, 5.41) is 0.813. The third-order valence-corrected chi connectivity index (χ3v) is 2.55. The van der Waals surface area contributed by atoms with Crippen LogP contribution >= 0.6 is 0 Å². The van der Waals surface area contributed by atoms with Crippen LogP contribution in [-0.4, -0.2) is 17.6 Å². The van der Waals surface area contributed by atoms with Crippen LogP contribution in [0.5, 0.6) is 0 Å². The van der Waals surface area contributed by atoms with E-state index in [4.69, 9.17) is 5.73 Å². The maximum absolute atomic E-state index is 11.9. The molecule has 0 bridgehead atoms. The highest BCUT2D eigenvalue weighted by atomic mass is 16.5. The van der Waals surface area contributed by atoms with Crippen LogP contribution in [0.1, 0.15) is 0 Å². The molecule has 0 spiro atoms. The molecule has 17 heavy (non-hydrogen) atoms. The Kier molecular flexibility index (Phi) is 2.82. The number of esters is 1.